The molecule has 0 N–H and O–H groups in total. The maximum atomic E-state index is 12.6. The zero-order valence-corrected chi connectivity index (χ0v) is 12.8. The Morgan fingerprint density at radius 3 is 2.91 bits per heavy atom. The van der Waals surface area contributed by atoms with E-state index in [2.05, 4.69) is 0 Å². The van der Waals surface area contributed by atoms with Gasteiger partial charge in [0.05, 0.1) is 30.6 Å². The third-order valence-corrected chi connectivity index (χ3v) is 5.07. The Hall–Kier alpha value is -1.33. The van der Waals surface area contributed by atoms with Crippen LogP contribution in [0.25, 0.3) is 0 Å². The third-order valence-electron chi connectivity index (χ3n) is 5.07. The fourth-order valence-electron chi connectivity index (χ4n) is 3.68. The first-order chi connectivity index (χ1) is 10.8. The van der Waals surface area contributed by atoms with Gasteiger partial charge in [0.25, 0.3) is 5.91 Å². The molecule has 2 heterocycles. The quantitative estimate of drug-likeness (QED) is 0.838. The Morgan fingerprint density at radius 2 is 2.14 bits per heavy atom. The van der Waals surface area contributed by atoms with Crippen LogP contribution >= 0.6 is 0 Å². The van der Waals surface area contributed by atoms with Gasteiger partial charge in [0.1, 0.15) is 6.26 Å². The van der Waals surface area contributed by atoms with Gasteiger partial charge in [-0.05, 0) is 43.6 Å². The molecule has 5 heteroatoms. The van der Waals surface area contributed by atoms with E-state index in [4.69, 9.17) is 13.9 Å². The number of hydrogen-bond donors (Lipinski definition) is 0. The average Bonchev–Trinajstić information content (AvgIpc) is 3.04. The van der Waals surface area contributed by atoms with Crippen LogP contribution in [0.4, 0.5) is 0 Å². The number of rotatable bonds is 5. The first-order valence-corrected chi connectivity index (χ1v) is 8.34. The number of morpholine rings is 1. The van der Waals surface area contributed by atoms with E-state index in [-0.39, 0.29) is 18.1 Å². The topological polar surface area (TPSA) is 51.9 Å². The zero-order valence-electron chi connectivity index (χ0n) is 12.8. The molecule has 120 valence electrons. The highest BCUT2D eigenvalue weighted by Gasteiger charge is 2.43. The maximum Gasteiger partial charge on any atom is 0.257 e. The summed E-state index contributed by atoms with van der Waals surface area (Å²) in [5.74, 6) is 1.37. The van der Waals surface area contributed by atoms with Crippen LogP contribution in [0.15, 0.2) is 23.0 Å². The van der Waals surface area contributed by atoms with Gasteiger partial charge in [0, 0.05) is 19.8 Å². The monoisotopic (exact) mass is 305 g/mol. The number of furan rings is 1. The molecule has 0 spiro atoms. The molecule has 3 atom stereocenters. The standard InChI is InChI=1S/C17H23NO4/c19-17(14-3-5-20-11-14)18-4-6-22-16-8-13(7-15(16)18)10-21-9-12-1-2-12/h3,5,11-13,15-16H,1-2,4,6-10H2. The second-order valence-electron chi connectivity index (χ2n) is 6.81. The van der Waals surface area contributed by atoms with Crippen molar-refractivity contribution in [1.29, 1.82) is 0 Å². The summed E-state index contributed by atoms with van der Waals surface area (Å²) in [4.78, 5) is 14.6. The summed E-state index contributed by atoms with van der Waals surface area (Å²) in [7, 11) is 0. The molecule has 3 fully saturated rings. The highest BCUT2D eigenvalue weighted by molar-refractivity contribution is 5.94. The molecule has 0 radical (unpaired) electrons. The van der Waals surface area contributed by atoms with Gasteiger partial charge in [-0.3, -0.25) is 4.79 Å². The van der Waals surface area contributed by atoms with E-state index >= 15 is 0 Å². The normalized spacial score (nSPS) is 31.3. The molecular formula is C17H23NO4. The van der Waals surface area contributed by atoms with Crippen LogP contribution in [-0.2, 0) is 9.47 Å². The van der Waals surface area contributed by atoms with E-state index in [0.717, 1.165) is 32.0 Å². The van der Waals surface area contributed by atoms with Crippen LogP contribution in [0.2, 0.25) is 0 Å². The van der Waals surface area contributed by atoms with Crippen molar-refractivity contribution >= 4 is 5.91 Å². The highest BCUT2D eigenvalue weighted by atomic mass is 16.5. The molecule has 1 amide bonds. The first-order valence-electron chi connectivity index (χ1n) is 8.34. The molecule has 5 nitrogen and oxygen atoms in total. The van der Waals surface area contributed by atoms with E-state index < -0.39 is 0 Å². The molecule has 1 aliphatic heterocycles. The fraction of sp³-hybridized carbons (Fsp3) is 0.706. The lowest BCUT2D eigenvalue weighted by Gasteiger charge is -2.37. The smallest absolute Gasteiger partial charge is 0.257 e. The van der Waals surface area contributed by atoms with Crippen molar-refractivity contribution in [3.8, 4) is 0 Å². The van der Waals surface area contributed by atoms with Crippen LogP contribution in [-0.4, -0.2) is 49.3 Å². The Bertz CT molecular complexity index is 511. The van der Waals surface area contributed by atoms with Gasteiger partial charge in [-0.1, -0.05) is 0 Å². The first kappa shape index (κ1) is 14.3. The largest absolute Gasteiger partial charge is 0.472 e. The van der Waals surface area contributed by atoms with Gasteiger partial charge in [-0.15, -0.1) is 0 Å². The van der Waals surface area contributed by atoms with Crippen molar-refractivity contribution in [2.45, 2.75) is 37.8 Å². The summed E-state index contributed by atoms with van der Waals surface area (Å²) < 4.78 is 16.8. The van der Waals surface area contributed by atoms with Gasteiger partial charge < -0.3 is 18.8 Å². The molecule has 0 bridgehead atoms. The number of ether oxygens (including phenoxy) is 2. The van der Waals surface area contributed by atoms with Crippen LogP contribution in [0, 0.1) is 11.8 Å². The van der Waals surface area contributed by atoms with Crippen molar-refractivity contribution in [2.24, 2.45) is 11.8 Å². The Kier molecular flexibility index (Phi) is 3.92. The Morgan fingerprint density at radius 1 is 1.27 bits per heavy atom. The van der Waals surface area contributed by atoms with Crippen LogP contribution < -0.4 is 0 Å². The Balaban J connectivity index is 1.36. The lowest BCUT2D eigenvalue weighted by Crippen LogP contribution is -2.51. The van der Waals surface area contributed by atoms with Gasteiger partial charge in [0.15, 0.2) is 0 Å². The van der Waals surface area contributed by atoms with E-state index in [9.17, 15) is 4.79 Å². The van der Waals surface area contributed by atoms with Crippen molar-refractivity contribution < 1.29 is 18.7 Å². The van der Waals surface area contributed by atoms with E-state index in [1.807, 2.05) is 4.90 Å². The highest BCUT2D eigenvalue weighted by Crippen LogP contribution is 2.36. The number of amides is 1. The summed E-state index contributed by atoms with van der Waals surface area (Å²) in [5.41, 5.74) is 0.633. The maximum absolute atomic E-state index is 12.6. The second-order valence-corrected chi connectivity index (χ2v) is 6.81. The summed E-state index contributed by atoms with van der Waals surface area (Å²) in [6.45, 7) is 3.01. The molecule has 2 saturated carbocycles. The molecule has 1 aromatic heterocycles. The number of hydrogen-bond acceptors (Lipinski definition) is 4. The van der Waals surface area contributed by atoms with Crippen LogP contribution in [0.1, 0.15) is 36.0 Å². The minimum absolute atomic E-state index is 0.0617. The van der Waals surface area contributed by atoms with Crippen molar-refractivity contribution in [3.63, 3.8) is 0 Å². The van der Waals surface area contributed by atoms with Crippen LogP contribution in [0.5, 0.6) is 0 Å². The van der Waals surface area contributed by atoms with Gasteiger partial charge >= 0.3 is 0 Å². The third kappa shape index (κ3) is 2.92. The zero-order chi connectivity index (χ0) is 14.9. The predicted molar refractivity (Wildman–Crippen MR) is 79.5 cm³/mol. The molecule has 4 rings (SSSR count). The molecular weight excluding hydrogens is 282 g/mol. The number of carbonyl (C=O) groups excluding carboxylic acids is 1. The minimum atomic E-state index is 0.0617. The summed E-state index contributed by atoms with van der Waals surface area (Å²) in [6, 6.07) is 1.92. The summed E-state index contributed by atoms with van der Waals surface area (Å²) >= 11 is 0. The SMILES string of the molecule is O=C(c1ccoc1)N1CCOC2CC(COCC3CC3)CC21. The van der Waals surface area contributed by atoms with E-state index in [0.29, 0.717) is 24.6 Å². The molecule has 3 aliphatic rings. The summed E-state index contributed by atoms with van der Waals surface area (Å²) in [6.07, 6.45) is 7.88. The number of carbonyl (C=O) groups is 1. The average molecular weight is 305 g/mol. The molecule has 22 heavy (non-hydrogen) atoms. The van der Waals surface area contributed by atoms with E-state index in [1.165, 1.54) is 19.1 Å². The number of nitrogens with zero attached hydrogens (tertiary/aromatic N) is 1. The fourth-order valence-corrected chi connectivity index (χ4v) is 3.68. The molecule has 1 aromatic rings. The van der Waals surface area contributed by atoms with Gasteiger partial charge in [0.2, 0.25) is 0 Å². The van der Waals surface area contributed by atoms with E-state index in [1.54, 1.807) is 12.3 Å². The minimum Gasteiger partial charge on any atom is -0.472 e. The van der Waals surface area contributed by atoms with Crippen molar-refractivity contribution in [3.05, 3.63) is 24.2 Å². The summed E-state index contributed by atoms with van der Waals surface area (Å²) in [5, 5.41) is 0. The van der Waals surface area contributed by atoms with Crippen molar-refractivity contribution in [1.82, 2.24) is 4.90 Å². The lowest BCUT2D eigenvalue weighted by molar-refractivity contribution is -0.0450. The Labute approximate surface area is 130 Å². The second kappa shape index (κ2) is 6.05. The lowest BCUT2D eigenvalue weighted by atomic mass is 10.1. The van der Waals surface area contributed by atoms with Crippen molar-refractivity contribution in [2.75, 3.05) is 26.4 Å². The number of fused-ring (bicyclic) bond motifs is 1. The molecule has 2 aliphatic carbocycles. The predicted octanol–water partition coefficient (Wildman–Crippen LogP) is 2.33. The van der Waals surface area contributed by atoms with Gasteiger partial charge in [-0.25, -0.2) is 0 Å². The molecule has 3 unspecified atom stereocenters. The molecule has 1 saturated heterocycles. The molecule has 0 aromatic carbocycles. The van der Waals surface area contributed by atoms with Crippen LogP contribution in [0.3, 0.4) is 0 Å². The van der Waals surface area contributed by atoms with Gasteiger partial charge in [-0.2, -0.15) is 0 Å².